The van der Waals surface area contributed by atoms with Crippen molar-refractivity contribution in [2.75, 3.05) is 44.9 Å². The number of anilines is 1. The molecule has 0 atom stereocenters. The first-order valence-electron chi connectivity index (χ1n) is 9.70. The highest BCUT2D eigenvalue weighted by Gasteiger charge is 2.15. The first-order valence-corrected chi connectivity index (χ1v) is 9.70. The molecule has 0 heterocycles. The second-order valence-corrected chi connectivity index (χ2v) is 7.25. The van der Waals surface area contributed by atoms with Crippen LogP contribution in [-0.2, 0) is 23.7 Å². The summed E-state index contributed by atoms with van der Waals surface area (Å²) in [6.07, 6.45) is 2.24. The van der Waals surface area contributed by atoms with E-state index in [0.717, 1.165) is 25.1 Å². The van der Waals surface area contributed by atoms with E-state index in [1.807, 2.05) is 12.1 Å². The molecular weight excluding hydrogens is 362 g/mol. The molecule has 0 unspecified atom stereocenters. The standard InChI is InChI=1S/C21H33NO6/c1-5-6-11-22-18-9-7-17(8-10-18)20(24)27-15-14-25-12-13-26-16-19(23)28-21(2,3)4/h7-10,22H,5-6,11-16H2,1-4H3. The molecule has 158 valence electrons. The van der Waals surface area contributed by atoms with Gasteiger partial charge in [0.05, 0.1) is 25.4 Å². The number of esters is 2. The lowest BCUT2D eigenvalue weighted by atomic mass is 10.2. The molecule has 0 fully saturated rings. The molecule has 0 bridgehead atoms. The third-order valence-corrected chi connectivity index (χ3v) is 3.45. The van der Waals surface area contributed by atoms with Crippen LogP contribution in [0, 0.1) is 0 Å². The van der Waals surface area contributed by atoms with Gasteiger partial charge in [0.25, 0.3) is 0 Å². The zero-order chi connectivity index (χ0) is 20.8. The predicted octanol–water partition coefficient (Wildman–Crippen LogP) is 3.43. The molecule has 0 amide bonds. The fourth-order valence-corrected chi connectivity index (χ4v) is 2.16. The van der Waals surface area contributed by atoms with Crippen molar-refractivity contribution in [2.45, 2.75) is 46.1 Å². The van der Waals surface area contributed by atoms with Crippen LogP contribution in [0.1, 0.15) is 50.9 Å². The molecule has 7 heteroatoms. The van der Waals surface area contributed by atoms with Gasteiger partial charge in [0.15, 0.2) is 0 Å². The zero-order valence-electron chi connectivity index (χ0n) is 17.4. The molecular formula is C21H33NO6. The minimum absolute atomic E-state index is 0.112. The number of benzene rings is 1. The number of ether oxygens (including phenoxy) is 4. The summed E-state index contributed by atoms with van der Waals surface area (Å²) in [5.74, 6) is -0.794. The van der Waals surface area contributed by atoms with Crippen LogP contribution in [0.5, 0.6) is 0 Å². The second-order valence-electron chi connectivity index (χ2n) is 7.25. The van der Waals surface area contributed by atoms with E-state index in [0.29, 0.717) is 12.2 Å². The van der Waals surface area contributed by atoms with Gasteiger partial charge in [0, 0.05) is 12.2 Å². The maximum Gasteiger partial charge on any atom is 0.338 e. The van der Waals surface area contributed by atoms with Crippen molar-refractivity contribution < 1.29 is 28.5 Å². The van der Waals surface area contributed by atoms with E-state index in [1.54, 1.807) is 32.9 Å². The molecule has 1 N–H and O–H groups in total. The summed E-state index contributed by atoms with van der Waals surface area (Å²) in [6.45, 7) is 9.33. The molecule has 0 saturated heterocycles. The van der Waals surface area contributed by atoms with E-state index >= 15 is 0 Å². The van der Waals surface area contributed by atoms with Crippen molar-refractivity contribution in [1.29, 1.82) is 0 Å². The number of hydrogen-bond donors (Lipinski definition) is 1. The van der Waals surface area contributed by atoms with Gasteiger partial charge in [-0.3, -0.25) is 0 Å². The average Bonchev–Trinajstić information content (AvgIpc) is 2.63. The Kier molecular flexibility index (Phi) is 11.2. The summed E-state index contributed by atoms with van der Waals surface area (Å²) >= 11 is 0. The van der Waals surface area contributed by atoms with Crippen molar-refractivity contribution in [3.8, 4) is 0 Å². The molecule has 28 heavy (non-hydrogen) atoms. The molecule has 7 nitrogen and oxygen atoms in total. The summed E-state index contributed by atoms with van der Waals surface area (Å²) < 4.78 is 20.8. The monoisotopic (exact) mass is 395 g/mol. The van der Waals surface area contributed by atoms with E-state index in [-0.39, 0.29) is 32.4 Å². The predicted molar refractivity (Wildman–Crippen MR) is 108 cm³/mol. The zero-order valence-corrected chi connectivity index (χ0v) is 17.4. The van der Waals surface area contributed by atoms with E-state index in [1.165, 1.54) is 0 Å². The minimum atomic E-state index is -0.521. The summed E-state index contributed by atoms with van der Waals surface area (Å²) in [6, 6.07) is 7.21. The third-order valence-electron chi connectivity index (χ3n) is 3.45. The quantitative estimate of drug-likeness (QED) is 0.405. The normalized spacial score (nSPS) is 11.1. The Balaban J connectivity index is 2.08. The molecule has 0 aliphatic carbocycles. The van der Waals surface area contributed by atoms with E-state index in [4.69, 9.17) is 18.9 Å². The van der Waals surface area contributed by atoms with Crippen molar-refractivity contribution in [1.82, 2.24) is 0 Å². The van der Waals surface area contributed by atoms with Crippen molar-refractivity contribution in [3.63, 3.8) is 0 Å². The highest BCUT2D eigenvalue weighted by atomic mass is 16.6. The van der Waals surface area contributed by atoms with Gasteiger partial charge in [-0.1, -0.05) is 13.3 Å². The molecule has 0 aromatic heterocycles. The molecule has 0 spiro atoms. The Labute approximate surface area is 167 Å². The Morgan fingerprint density at radius 3 is 2.25 bits per heavy atom. The number of carbonyl (C=O) groups is 2. The number of unbranched alkanes of at least 4 members (excludes halogenated alkanes) is 1. The van der Waals surface area contributed by atoms with E-state index < -0.39 is 11.6 Å². The lowest BCUT2D eigenvalue weighted by Gasteiger charge is -2.19. The average molecular weight is 395 g/mol. The number of nitrogens with one attached hydrogen (secondary N) is 1. The van der Waals surface area contributed by atoms with Crippen LogP contribution in [0.15, 0.2) is 24.3 Å². The Morgan fingerprint density at radius 2 is 1.61 bits per heavy atom. The first kappa shape index (κ1) is 23.9. The molecule has 0 radical (unpaired) electrons. The second kappa shape index (κ2) is 13.1. The topological polar surface area (TPSA) is 83.1 Å². The van der Waals surface area contributed by atoms with Crippen LogP contribution in [0.3, 0.4) is 0 Å². The SMILES string of the molecule is CCCCNc1ccc(C(=O)OCCOCCOCC(=O)OC(C)(C)C)cc1. The molecule has 0 saturated carbocycles. The lowest BCUT2D eigenvalue weighted by molar-refractivity contribution is -0.160. The highest BCUT2D eigenvalue weighted by molar-refractivity contribution is 5.89. The van der Waals surface area contributed by atoms with Crippen molar-refractivity contribution in [2.24, 2.45) is 0 Å². The van der Waals surface area contributed by atoms with E-state index in [2.05, 4.69) is 12.2 Å². The van der Waals surface area contributed by atoms with Gasteiger partial charge < -0.3 is 24.3 Å². The Morgan fingerprint density at radius 1 is 0.964 bits per heavy atom. The maximum atomic E-state index is 12.0. The molecule has 1 rings (SSSR count). The highest BCUT2D eigenvalue weighted by Crippen LogP contribution is 2.11. The van der Waals surface area contributed by atoms with Gasteiger partial charge in [-0.25, -0.2) is 9.59 Å². The van der Waals surface area contributed by atoms with Crippen LogP contribution >= 0.6 is 0 Å². The van der Waals surface area contributed by atoms with Crippen molar-refractivity contribution >= 4 is 17.6 Å². The fourth-order valence-electron chi connectivity index (χ4n) is 2.16. The third kappa shape index (κ3) is 11.6. The van der Waals surface area contributed by atoms with Gasteiger partial charge in [0.2, 0.25) is 0 Å². The molecule has 1 aromatic carbocycles. The summed E-state index contributed by atoms with van der Waals surface area (Å²) in [7, 11) is 0. The van der Waals surface area contributed by atoms with Gasteiger partial charge in [-0.05, 0) is 51.5 Å². The Bertz CT molecular complexity index is 580. The number of carbonyl (C=O) groups excluding carboxylic acids is 2. The van der Waals surface area contributed by atoms with Gasteiger partial charge in [-0.15, -0.1) is 0 Å². The lowest BCUT2D eigenvalue weighted by Crippen LogP contribution is -2.27. The summed E-state index contributed by atoms with van der Waals surface area (Å²) in [5, 5.41) is 3.29. The molecule has 0 aliphatic heterocycles. The summed E-state index contributed by atoms with van der Waals surface area (Å²) in [4.78, 5) is 23.4. The largest absolute Gasteiger partial charge is 0.460 e. The number of rotatable bonds is 13. The van der Waals surface area contributed by atoms with Gasteiger partial charge in [-0.2, -0.15) is 0 Å². The minimum Gasteiger partial charge on any atom is -0.460 e. The van der Waals surface area contributed by atoms with Crippen LogP contribution in [-0.4, -0.2) is 57.1 Å². The van der Waals surface area contributed by atoms with Gasteiger partial charge >= 0.3 is 11.9 Å². The molecule has 0 aliphatic rings. The summed E-state index contributed by atoms with van der Waals surface area (Å²) in [5.41, 5.74) is 0.966. The van der Waals surface area contributed by atoms with Gasteiger partial charge in [0.1, 0.15) is 18.8 Å². The molecule has 1 aromatic rings. The first-order chi connectivity index (χ1) is 13.3. The van der Waals surface area contributed by atoms with E-state index in [9.17, 15) is 9.59 Å². The van der Waals surface area contributed by atoms with Crippen LogP contribution in [0.2, 0.25) is 0 Å². The fraction of sp³-hybridized carbons (Fsp3) is 0.619. The van der Waals surface area contributed by atoms with Crippen molar-refractivity contribution in [3.05, 3.63) is 29.8 Å². The van der Waals surface area contributed by atoms with Crippen LogP contribution in [0.4, 0.5) is 5.69 Å². The van der Waals surface area contributed by atoms with Crippen LogP contribution in [0.25, 0.3) is 0 Å². The smallest absolute Gasteiger partial charge is 0.338 e. The Hall–Kier alpha value is -2.12. The van der Waals surface area contributed by atoms with Crippen LogP contribution < -0.4 is 5.32 Å². The number of hydrogen-bond acceptors (Lipinski definition) is 7. The maximum absolute atomic E-state index is 12.0.